The van der Waals surface area contributed by atoms with E-state index in [0.29, 0.717) is 23.6 Å². The van der Waals surface area contributed by atoms with Crippen LogP contribution in [0.15, 0.2) is 48.8 Å². The number of benzene rings is 2. The topological polar surface area (TPSA) is 85.2 Å². The Bertz CT molecular complexity index is 1490. The van der Waals surface area contributed by atoms with E-state index in [4.69, 9.17) is 23.4 Å². The molecule has 2 aromatic carbocycles. The Morgan fingerprint density at radius 1 is 0.935 bits per heavy atom. The fourth-order valence-electron chi connectivity index (χ4n) is 6.33. The second-order valence-corrected chi connectivity index (χ2v) is 18.8. The minimum Gasteiger partial charge on any atom is -0.496 e. The summed E-state index contributed by atoms with van der Waals surface area (Å²) in [6.45, 7) is 13.9. The SMILES string of the molecule is COC(=O)Cc1cn(C[C@@H](CC2Cc3ccccc3C2)[C@H](O[Si](C)(C)C(C)(C)C)c2cc(OC)c(C)c(OC)c2)cc1C(=O)OC. The average Bonchev–Trinajstić information content (AvgIpc) is 3.61. The summed E-state index contributed by atoms with van der Waals surface area (Å²) in [7, 11) is 3.76. The Balaban J connectivity index is 1.85. The van der Waals surface area contributed by atoms with Gasteiger partial charge in [-0.05, 0) is 84.6 Å². The molecule has 0 saturated carbocycles. The van der Waals surface area contributed by atoms with Crippen LogP contribution in [0.5, 0.6) is 11.5 Å². The van der Waals surface area contributed by atoms with Crippen molar-refractivity contribution < 1.29 is 33.0 Å². The molecule has 4 rings (SSSR count). The summed E-state index contributed by atoms with van der Waals surface area (Å²) in [6.07, 6.45) is 6.26. The van der Waals surface area contributed by atoms with Gasteiger partial charge in [0.1, 0.15) is 11.5 Å². The van der Waals surface area contributed by atoms with Gasteiger partial charge in [0.25, 0.3) is 0 Å². The van der Waals surface area contributed by atoms with Crippen molar-refractivity contribution in [1.82, 2.24) is 4.57 Å². The first-order valence-corrected chi connectivity index (χ1v) is 18.9. The van der Waals surface area contributed by atoms with Gasteiger partial charge in [-0.2, -0.15) is 0 Å². The van der Waals surface area contributed by atoms with E-state index in [9.17, 15) is 9.59 Å². The maximum atomic E-state index is 12.8. The van der Waals surface area contributed by atoms with Crippen LogP contribution in [0, 0.1) is 18.8 Å². The zero-order valence-electron chi connectivity index (χ0n) is 29.2. The lowest BCUT2D eigenvalue weighted by Gasteiger charge is -2.42. The van der Waals surface area contributed by atoms with Crippen molar-refractivity contribution in [2.24, 2.45) is 11.8 Å². The number of carbonyl (C=O) groups is 2. The maximum absolute atomic E-state index is 12.8. The predicted octanol–water partition coefficient (Wildman–Crippen LogP) is 7.50. The minimum atomic E-state index is -2.30. The van der Waals surface area contributed by atoms with Crippen molar-refractivity contribution in [1.29, 1.82) is 0 Å². The van der Waals surface area contributed by atoms with E-state index >= 15 is 0 Å². The van der Waals surface area contributed by atoms with Crippen molar-refractivity contribution in [3.63, 3.8) is 0 Å². The number of fused-ring (bicyclic) bond motifs is 1. The van der Waals surface area contributed by atoms with Gasteiger partial charge in [-0.3, -0.25) is 4.79 Å². The highest BCUT2D eigenvalue weighted by molar-refractivity contribution is 6.74. The normalized spacial score (nSPS) is 14.8. The number of ether oxygens (including phenoxy) is 4. The zero-order chi connectivity index (χ0) is 33.8. The molecule has 1 aromatic heterocycles. The first kappa shape index (κ1) is 35.3. The number of carbonyl (C=O) groups excluding carboxylic acids is 2. The Hall–Kier alpha value is -3.56. The molecular formula is C37H51NO7Si. The van der Waals surface area contributed by atoms with E-state index < -0.39 is 20.3 Å². The summed E-state index contributed by atoms with van der Waals surface area (Å²) in [5.74, 6) is 1.03. The van der Waals surface area contributed by atoms with E-state index in [1.54, 1.807) is 20.4 Å². The van der Waals surface area contributed by atoms with Crippen molar-refractivity contribution in [2.75, 3.05) is 28.4 Å². The van der Waals surface area contributed by atoms with E-state index in [1.807, 2.05) is 17.7 Å². The van der Waals surface area contributed by atoms with Crippen LogP contribution in [0.2, 0.25) is 18.1 Å². The molecule has 1 aliphatic carbocycles. The predicted molar refractivity (Wildman–Crippen MR) is 182 cm³/mol. The molecule has 0 N–H and O–H groups in total. The standard InChI is InChI=1S/C37H51NO7Si/c1-24-32(41-5)18-28(19-33(24)42-6)35(45-46(9,10)37(2,3)4)30(17-25-15-26-13-11-12-14-27(26)16-25)22-38-21-29(20-34(39)43-7)31(23-38)36(40)44-8/h11-14,18-19,21,23,25,30,35H,15-17,20,22H2,1-10H3/t30-,35-/m1/s1. The van der Waals surface area contributed by atoms with Gasteiger partial charge >= 0.3 is 11.9 Å². The first-order valence-electron chi connectivity index (χ1n) is 16.0. The van der Waals surface area contributed by atoms with E-state index in [1.165, 1.54) is 25.3 Å². The number of esters is 2. The minimum absolute atomic E-state index is 0.00873. The summed E-state index contributed by atoms with van der Waals surface area (Å²) in [6, 6.07) is 12.9. The summed E-state index contributed by atoms with van der Waals surface area (Å²) < 4.78 is 31.1. The van der Waals surface area contributed by atoms with Gasteiger partial charge < -0.3 is 27.9 Å². The lowest BCUT2D eigenvalue weighted by molar-refractivity contribution is -0.139. The zero-order valence-corrected chi connectivity index (χ0v) is 30.2. The van der Waals surface area contributed by atoms with E-state index in [-0.39, 0.29) is 23.5 Å². The van der Waals surface area contributed by atoms with Crippen molar-refractivity contribution in [3.8, 4) is 11.5 Å². The van der Waals surface area contributed by atoms with Gasteiger partial charge in [-0.15, -0.1) is 0 Å². The Labute approximate surface area is 275 Å². The molecule has 0 radical (unpaired) electrons. The van der Waals surface area contributed by atoms with Crippen LogP contribution >= 0.6 is 0 Å². The summed E-state index contributed by atoms with van der Waals surface area (Å²) in [5.41, 5.74) is 5.68. The Kier molecular flexibility index (Phi) is 11.1. The number of rotatable bonds is 13. The molecule has 0 unspecified atom stereocenters. The summed E-state index contributed by atoms with van der Waals surface area (Å²) in [4.78, 5) is 25.1. The van der Waals surface area contributed by atoms with E-state index in [0.717, 1.165) is 41.9 Å². The lowest BCUT2D eigenvalue weighted by Crippen LogP contribution is -2.43. The van der Waals surface area contributed by atoms with Crippen LogP contribution in [-0.2, 0) is 44.5 Å². The van der Waals surface area contributed by atoms with Crippen molar-refractivity contribution in [2.45, 2.75) is 84.2 Å². The molecule has 46 heavy (non-hydrogen) atoms. The van der Waals surface area contributed by atoms with Crippen LogP contribution in [0.25, 0.3) is 0 Å². The molecule has 1 aliphatic rings. The number of hydrogen-bond donors (Lipinski definition) is 0. The molecule has 0 aliphatic heterocycles. The summed E-state index contributed by atoms with van der Waals surface area (Å²) in [5, 5.41) is -0.0303. The highest BCUT2D eigenvalue weighted by atomic mass is 28.4. The third-order valence-corrected chi connectivity index (χ3v) is 14.4. The molecule has 0 fully saturated rings. The summed E-state index contributed by atoms with van der Waals surface area (Å²) >= 11 is 0. The highest BCUT2D eigenvalue weighted by Gasteiger charge is 2.42. The first-order chi connectivity index (χ1) is 21.7. The highest BCUT2D eigenvalue weighted by Crippen LogP contribution is 2.46. The third-order valence-electron chi connectivity index (χ3n) is 9.91. The molecule has 0 bridgehead atoms. The molecule has 0 amide bonds. The number of methoxy groups -OCH3 is 4. The molecule has 1 heterocycles. The smallest absolute Gasteiger partial charge is 0.339 e. The molecule has 8 nitrogen and oxygen atoms in total. The maximum Gasteiger partial charge on any atom is 0.339 e. The molecule has 0 spiro atoms. The van der Waals surface area contributed by atoms with Crippen LogP contribution in [-0.4, -0.2) is 53.3 Å². The van der Waals surface area contributed by atoms with Gasteiger partial charge in [0.2, 0.25) is 0 Å². The number of hydrogen-bond acceptors (Lipinski definition) is 7. The molecular weight excluding hydrogens is 598 g/mol. The van der Waals surface area contributed by atoms with Gasteiger partial charge in [-0.1, -0.05) is 45.0 Å². The largest absolute Gasteiger partial charge is 0.496 e. The van der Waals surface area contributed by atoms with Crippen LogP contribution in [0.1, 0.15) is 71.5 Å². The molecule has 2 atom stereocenters. The van der Waals surface area contributed by atoms with Crippen molar-refractivity contribution in [3.05, 3.63) is 82.2 Å². The molecule has 250 valence electrons. The van der Waals surface area contributed by atoms with Crippen LogP contribution in [0.4, 0.5) is 0 Å². The molecule has 3 aromatic rings. The number of nitrogens with zero attached hydrogens (tertiary/aromatic N) is 1. The fourth-order valence-corrected chi connectivity index (χ4v) is 7.65. The number of aromatic nitrogens is 1. The van der Waals surface area contributed by atoms with Crippen LogP contribution in [0.3, 0.4) is 0 Å². The van der Waals surface area contributed by atoms with Gasteiger partial charge in [0, 0.05) is 30.4 Å². The lowest BCUT2D eigenvalue weighted by atomic mass is 9.85. The Morgan fingerprint density at radius 3 is 2.02 bits per heavy atom. The monoisotopic (exact) mass is 649 g/mol. The average molecular weight is 650 g/mol. The van der Waals surface area contributed by atoms with Gasteiger partial charge in [0.05, 0.1) is 46.5 Å². The van der Waals surface area contributed by atoms with E-state index in [2.05, 4.69) is 70.3 Å². The van der Waals surface area contributed by atoms with Crippen molar-refractivity contribution >= 4 is 20.3 Å². The molecule has 0 saturated heterocycles. The van der Waals surface area contributed by atoms with Gasteiger partial charge in [0.15, 0.2) is 8.32 Å². The van der Waals surface area contributed by atoms with Gasteiger partial charge in [-0.25, -0.2) is 4.79 Å². The molecule has 9 heteroatoms. The van der Waals surface area contributed by atoms with Crippen LogP contribution < -0.4 is 9.47 Å². The third kappa shape index (κ3) is 7.86. The Morgan fingerprint density at radius 2 is 1.52 bits per heavy atom. The second-order valence-electron chi connectivity index (χ2n) is 14.0. The second kappa shape index (κ2) is 14.5. The fraction of sp³-hybridized carbons (Fsp3) is 0.514. The quantitative estimate of drug-likeness (QED) is 0.140.